The number of amides is 1. The first-order valence-electron chi connectivity index (χ1n) is 7.47. The van der Waals surface area contributed by atoms with Gasteiger partial charge in [-0.2, -0.15) is 0 Å². The maximum atomic E-state index is 12.2. The van der Waals surface area contributed by atoms with Crippen LogP contribution in [0.1, 0.15) is 11.1 Å². The molecule has 0 atom stereocenters. The number of carbonyl (C=O) groups excluding carboxylic acids is 1. The van der Waals surface area contributed by atoms with E-state index in [-0.39, 0.29) is 12.5 Å². The molecule has 0 heterocycles. The number of nitrogens with one attached hydrogen (secondary N) is 2. The minimum absolute atomic E-state index is 0.136. The molecule has 0 aliphatic carbocycles. The van der Waals surface area contributed by atoms with Crippen LogP contribution >= 0.6 is 11.6 Å². The van der Waals surface area contributed by atoms with Crippen LogP contribution in [0.15, 0.2) is 30.3 Å². The molecule has 0 fully saturated rings. The molecule has 0 unspecified atom stereocenters. The fraction of sp³-hybridized carbons (Fsp3) is 0.278. The van der Waals surface area contributed by atoms with Gasteiger partial charge in [-0.05, 0) is 37.1 Å². The molecule has 5 nitrogen and oxygen atoms in total. The molecule has 0 aliphatic rings. The van der Waals surface area contributed by atoms with E-state index in [1.165, 1.54) is 19.8 Å². The van der Waals surface area contributed by atoms with Crippen LogP contribution in [0.2, 0.25) is 5.02 Å². The number of methoxy groups -OCH3 is 2. The lowest BCUT2D eigenvalue weighted by Gasteiger charge is -2.14. The van der Waals surface area contributed by atoms with Gasteiger partial charge in [0.15, 0.2) is 0 Å². The van der Waals surface area contributed by atoms with Gasteiger partial charge in [0, 0.05) is 11.8 Å². The summed E-state index contributed by atoms with van der Waals surface area (Å²) in [5.74, 6) is 0.770. The molecule has 0 saturated carbocycles. The van der Waals surface area contributed by atoms with Crippen LogP contribution in [0, 0.1) is 13.8 Å². The third-order valence-corrected chi connectivity index (χ3v) is 4.09. The Labute approximate surface area is 146 Å². The summed E-state index contributed by atoms with van der Waals surface area (Å²) in [6.07, 6.45) is 0. The second-order valence-corrected chi connectivity index (χ2v) is 5.74. The second-order valence-electron chi connectivity index (χ2n) is 5.34. The minimum atomic E-state index is -0.199. The summed E-state index contributed by atoms with van der Waals surface area (Å²) < 4.78 is 10.4. The van der Waals surface area contributed by atoms with E-state index in [2.05, 4.69) is 10.6 Å². The summed E-state index contributed by atoms with van der Waals surface area (Å²) in [6, 6.07) is 9.17. The fourth-order valence-electron chi connectivity index (χ4n) is 2.27. The van der Waals surface area contributed by atoms with Crippen LogP contribution in [0.5, 0.6) is 11.5 Å². The van der Waals surface area contributed by atoms with Gasteiger partial charge in [-0.1, -0.05) is 23.7 Å². The average Bonchev–Trinajstić information content (AvgIpc) is 2.56. The second kappa shape index (κ2) is 7.93. The first-order valence-corrected chi connectivity index (χ1v) is 7.85. The summed E-state index contributed by atoms with van der Waals surface area (Å²) in [4.78, 5) is 12.2. The predicted octanol–water partition coefficient (Wildman–Crippen LogP) is 4.02. The van der Waals surface area contributed by atoms with Gasteiger partial charge >= 0.3 is 0 Å². The molecule has 0 aromatic heterocycles. The number of halogens is 1. The topological polar surface area (TPSA) is 59.6 Å². The van der Waals surface area contributed by atoms with E-state index in [9.17, 15) is 4.79 Å². The average molecular weight is 349 g/mol. The lowest BCUT2D eigenvalue weighted by molar-refractivity contribution is -0.114. The van der Waals surface area contributed by atoms with E-state index in [1.54, 1.807) is 12.1 Å². The molecule has 2 N–H and O–H groups in total. The molecule has 24 heavy (non-hydrogen) atoms. The van der Waals surface area contributed by atoms with Crippen molar-refractivity contribution in [3.63, 3.8) is 0 Å². The fourth-order valence-corrected chi connectivity index (χ4v) is 2.51. The smallest absolute Gasteiger partial charge is 0.243 e. The van der Waals surface area contributed by atoms with Crippen molar-refractivity contribution in [1.82, 2.24) is 0 Å². The van der Waals surface area contributed by atoms with Gasteiger partial charge in [0.1, 0.15) is 11.5 Å². The highest BCUT2D eigenvalue weighted by Crippen LogP contribution is 2.35. The van der Waals surface area contributed by atoms with Gasteiger partial charge in [-0.15, -0.1) is 0 Å². The van der Waals surface area contributed by atoms with Gasteiger partial charge in [-0.3, -0.25) is 4.79 Å². The van der Waals surface area contributed by atoms with E-state index in [0.29, 0.717) is 22.2 Å². The highest BCUT2D eigenvalue weighted by molar-refractivity contribution is 6.32. The van der Waals surface area contributed by atoms with Crippen LogP contribution in [-0.4, -0.2) is 26.7 Å². The Bertz CT molecular complexity index is 747. The molecular formula is C18H21ClN2O3. The Morgan fingerprint density at radius 2 is 1.79 bits per heavy atom. The SMILES string of the molecule is COc1cc(OC)c(NC(=O)CNc2cccc(C)c2C)cc1Cl. The van der Waals surface area contributed by atoms with E-state index in [0.717, 1.165) is 11.3 Å². The molecule has 2 rings (SSSR count). The lowest BCUT2D eigenvalue weighted by atomic mass is 10.1. The number of carbonyl (C=O) groups is 1. The van der Waals surface area contributed by atoms with E-state index in [1.807, 2.05) is 32.0 Å². The van der Waals surface area contributed by atoms with Crippen molar-refractivity contribution >= 4 is 28.9 Å². The quantitative estimate of drug-likeness (QED) is 0.827. The molecule has 128 valence electrons. The Morgan fingerprint density at radius 3 is 2.46 bits per heavy atom. The predicted molar refractivity (Wildman–Crippen MR) is 97.6 cm³/mol. The molecule has 2 aromatic rings. The molecule has 0 saturated heterocycles. The van der Waals surface area contributed by atoms with Gasteiger partial charge in [0.25, 0.3) is 0 Å². The highest BCUT2D eigenvalue weighted by atomic mass is 35.5. The zero-order valence-electron chi connectivity index (χ0n) is 14.2. The summed E-state index contributed by atoms with van der Waals surface area (Å²) in [5.41, 5.74) is 3.72. The number of aryl methyl sites for hydroxylation is 1. The molecule has 2 aromatic carbocycles. The van der Waals surface area contributed by atoms with Gasteiger partial charge in [0.05, 0.1) is 31.5 Å². The number of hydrogen-bond acceptors (Lipinski definition) is 4. The standard InChI is InChI=1S/C18H21ClN2O3/c1-11-6-5-7-14(12(11)2)20-10-18(22)21-15-8-13(19)16(23-3)9-17(15)24-4/h5-9,20H,10H2,1-4H3,(H,21,22). The third-order valence-electron chi connectivity index (χ3n) is 3.79. The minimum Gasteiger partial charge on any atom is -0.495 e. The Kier molecular flexibility index (Phi) is 5.93. The molecule has 0 bridgehead atoms. The maximum Gasteiger partial charge on any atom is 0.243 e. The number of benzene rings is 2. The first kappa shape index (κ1) is 17.9. The lowest BCUT2D eigenvalue weighted by Crippen LogP contribution is -2.22. The first-order chi connectivity index (χ1) is 11.5. The van der Waals surface area contributed by atoms with Crippen LogP contribution in [-0.2, 0) is 4.79 Å². The van der Waals surface area contributed by atoms with Crippen molar-refractivity contribution in [3.05, 3.63) is 46.5 Å². The van der Waals surface area contributed by atoms with Crippen molar-refractivity contribution in [2.24, 2.45) is 0 Å². The number of anilines is 2. The van der Waals surface area contributed by atoms with E-state index >= 15 is 0 Å². The number of ether oxygens (including phenoxy) is 2. The zero-order chi connectivity index (χ0) is 17.7. The van der Waals surface area contributed by atoms with Crippen LogP contribution < -0.4 is 20.1 Å². The van der Waals surface area contributed by atoms with Crippen molar-refractivity contribution in [2.75, 3.05) is 31.4 Å². The van der Waals surface area contributed by atoms with Crippen LogP contribution in [0.25, 0.3) is 0 Å². The van der Waals surface area contributed by atoms with Gasteiger partial charge < -0.3 is 20.1 Å². The van der Waals surface area contributed by atoms with Crippen molar-refractivity contribution in [1.29, 1.82) is 0 Å². The molecule has 0 spiro atoms. The number of rotatable bonds is 6. The molecule has 0 aliphatic heterocycles. The summed E-state index contributed by atoms with van der Waals surface area (Å²) in [7, 11) is 3.04. The molecule has 0 radical (unpaired) electrons. The van der Waals surface area contributed by atoms with E-state index < -0.39 is 0 Å². The summed E-state index contributed by atoms with van der Waals surface area (Å²) >= 11 is 6.11. The monoisotopic (exact) mass is 348 g/mol. The van der Waals surface area contributed by atoms with Crippen LogP contribution in [0.3, 0.4) is 0 Å². The summed E-state index contributed by atoms with van der Waals surface area (Å²) in [6.45, 7) is 4.18. The Hall–Kier alpha value is -2.40. The molecule has 6 heteroatoms. The largest absolute Gasteiger partial charge is 0.495 e. The number of hydrogen-bond donors (Lipinski definition) is 2. The van der Waals surface area contributed by atoms with Crippen molar-refractivity contribution in [3.8, 4) is 11.5 Å². The van der Waals surface area contributed by atoms with E-state index in [4.69, 9.17) is 21.1 Å². The van der Waals surface area contributed by atoms with Crippen molar-refractivity contribution in [2.45, 2.75) is 13.8 Å². The molecular weight excluding hydrogens is 328 g/mol. The highest BCUT2D eigenvalue weighted by Gasteiger charge is 2.12. The summed E-state index contributed by atoms with van der Waals surface area (Å²) in [5, 5.41) is 6.33. The van der Waals surface area contributed by atoms with Gasteiger partial charge in [0.2, 0.25) is 5.91 Å². The molecule has 1 amide bonds. The van der Waals surface area contributed by atoms with Crippen LogP contribution in [0.4, 0.5) is 11.4 Å². The normalized spacial score (nSPS) is 10.2. The zero-order valence-corrected chi connectivity index (χ0v) is 15.0. The Balaban J connectivity index is 2.07. The maximum absolute atomic E-state index is 12.2. The third kappa shape index (κ3) is 4.11. The van der Waals surface area contributed by atoms with Gasteiger partial charge in [-0.25, -0.2) is 0 Å². The Morgan fingerprint density at radius 1 is 1.08 bits per heavy atom. The van der Waals surface area contributed by atoms with Crippen molar-refractivity contribution < 1.29 is 14.3 Å².